The van der Waals surface area contributed by atoms with Crippen LogP contribution in [0.4, 0.5) is 4.39 Å². The molecule has 0 saturated carbocycles. The van der Waals surface area contributed by atoms with Crippen molar-refractivity contribution in [1.82, 2.24) is 4.98 Å². The number of aromatic nitrogens is 1. The standard InChI is InChI=1S/C24H20FNO3/c1-28-19-8-9-20-21(12-15-10-17(24(27)29-2)13-18(25)11-15)23(26-22(20)14-19)16-6-4-3-5-7-16/h3-11,13-14,26H,12H2,1-2H3. The molecular formula is C24H20FNO3. The van der Waals surface area contributed by atoms with Crippen molar-refractivity contribution >= 4 is 16.9 Å². The number of nitrogens with one attached hydrogen (secondary N) is 1. The summed E-state index contributed by atoms with van der Waals surface area (Å²) in [4.78, 5) is 15.4. The maximum absolute atomic E-state index is 14.2. The van der Waals surface area contributed by atoms with Crippen molar-refractivity contribution in [3.63, 3.8) is 0 Å². The van der Waals surface area contributed by atoms with E-state index in [1.54, 1.807) is 13.2 Å². The Bertz CT molecular complexity index is 1180. The van der Waals surface area contributed by atoms with Crippen LogP contribution in [0.25, 0.3) is 22.2 Å². The summed E-state index contributed by atoms with van der Waals surface area (Å²) in [6.45, 7) is 0. The molecule has 0 aliphatic rings. The zero-order chi connectivity index (χ0) is 20.4. The Labute approximate surface area is 167 Å². The van der Waals surface area contributed by atoms with Gasteiger partial charge in [0.25, 0.3) is 0 Å². The van der Waals surface area contributed by atoms with E-state index in [0.29, 0.717) is 12.0 Å². The van der Waals surface area contributed by atoms with Gasteiger partial charge in [-0.25, -0.2) is 9.18 Å². The molecule has 1 aromatic heterocycles. The Morgan fingerprint density at radius 1 is 1.00 bits per heavy atom. The van der Waals surface area contributed by atoms with E-state index in [1.807, 2.05) is 48.5 Å². The fraction of sp³-hybridized carbons (Fsp3) is 0.125. The number of halogens is 1. The number of esters is 1. The number of hydrogen-bond donors (Lipinski definition) is 1. The molecule has 4 nitrogen and oxygen atoms in total. The number of benzene rings is 3. The number of H-pyrrole nitrogens is 1. The highest BCUT2D eigenvalue weighted by atomic mass is 19.1. The number of carbonyl (C=O) groups excluding carboxylic acids is 1. The molecule has 3 aromatic carbocycles. The molecule has 0 amide bonds. The van der Waals surface area contributed by atoms with E-state index < -0.39 is 11.8 Å². The topological polar surface area (TPSA) is 51.3 Å². The number of hydrogen-bond acceptors (Lipinski definition) is 3. The van der Waals surface area contributed by atoms with Crippen molar-refractivity contribution in [3.05, 3.63) is 89.2 Å². The zero-order valence-electron chi connectivity index (χ0n) is 16.2. The van der Waals surface area contributed by atoms with Crippen LogP contribution in [0.2, 0.25) is 0 Å². The van der Waals surface area contributed by atoms with E-state index in [1.165, 1.54) is 19.2 Å². The van der Waals surface area contributed by atoms with Crippen molar-refractivity contribution in [2.75, 3.05) is 14.2 Å². The Hall–Kier alpha value is -3.60. The quantitative estimate of drug-likeness (QED) is 0.468. The minimum Gasteiger partial charge on any atom is -0.497 e. The first-order chi connectivity index (χ1) is 14.1. The largest absolute Gasteiger partial charge is 0.497 e. The van der Waals surface area contributed by atoms with Gasteiger partial charge in [0.1, 0.15) is 11.6 Å². The first-order valence-corrected chi connectivity index (χ1v) is 9.21. The summed E-state index contributed by atoms with van der Waals surface area (Å²) in [5.74, 6) is -0.271. The molecule has 4 aromatic rings. The molecule has 4 rings (SSSR count). The van der Waals surface area contributed by atoms with Crippen LogP contribution < -0.4 is 4.74 Å². The molecule has 0 fully saturated rings. The van der Waals surface area contributed by atoms with Gasteiger partial charge in [0.05, 0.1) is 25.5 Å². The summed E-state index contributed by atoms with van der Waals surface area (Å²) in [5.41, 5.74) is 4.84. The molecule has 0 unspecified atom stereocenters. The van der Waals surface area contributed by atoms with E-state index in [0.717, 1.165) is 33.5 Å². The average Bonchev–Trinajstić information content (AvgIpc) is 3.10. The van der Waals surface area contributed by atoms with Crippen molar-refractivity contribution in [3.8, 4) is 17.0 Å². The van der Waals surface area contributed by atoms with E-state index >= 15 is 0 Å². The smallest absolute Gasteiger partial charge is 0.337 e. The molecule has 29 heavy (non-hydrogen) atoms. The maximum atomic E-state index is 14.2. The van der Waals surface area contributed by atoms with Gasteiger partial charge >= 0.3 is 5.97 Å². The van der Waals surface area contributed by atoms with Crippen LogP contribution in [0.1, 0.15) is 21.5 Å². The van der Waals surface area contributed by atoms with Crippen LogP contribution in [0, 0.1) is 5.82 Å². The summed E-state index contributed by atoms with van der Waals surface area (Å²) >= 11 is 0. The van der Waals surface area contributed by atoms with Crippen LogP contribution in [0.3, 0.4) is 0 Å². The second-order valence-corrected chi connectivity index (χ2v) is 6.77. The van der Waals surface area contributed by atoms with Gasteiger partial charge in [-0.15, -0.1) is 0 Å². The monoisotopic (exact) mass is 389 g/mol. The Balaban J connectivity index is 1.86. The lowest BCUT2D eigenvalue weighted by Crippen LogP contribution is -2.03. The number of ether oxygens (including phenoxy) is 2. The summed E-state index contributed by atoms with van der Waals surface area (Å²) < 4.78 is 24.2. The summed E-state index contributed by atoms with van der Waals surface area (Å²) in [6, 6.07) is 20.1. The van der Waals surface area contributed by atoms with E-state index in [2.05, 4.69) is 4.98 Å². The Kier molecular flexibility index (Phi) is 5.04. The van der Waals surface area contributed by atoms with Crippen molar-refractivity contribution in [2.24, 2.45) is 0 Å². The van der Waals surface area contributed by atoms with Crippen molar-refractivity contribution in [1.29, 1.82) is 0 Å². The molecule has 0 atom stereocenters. The highest BCUT2D eigenvalue weighted by Gasteiger charge is 2.16. The highest BCUT2D eigenvalue weighted by Crippen LogP contribution is 2.34. The molecule has 0 spiro atoms. The van der Waals surface area contributed by atoms with E-state index in [-0.39, 0.29) is 5.56 Å². The van der Waals surface area contributed by atoms with Gasteiger partial charge in [0.15, 0.2) is 0 Å². The number of carbonyl (C=O) groups is 1. The third-order valence-corrected chi connectivity index (χ3v) is 4.94. The number of fused-ring (bicyclic) bond motifs is 1. The third kappa shape index (κ3) is 3.72. The molecular weight excluding hydrogens is 369 g/mol. The van der Waals surface area contributed by atoms with Crippen LogP contribution in [0.15, 0.2) is 66.7 Å². The van der Waals surface area contributed by atoms with Gasteiger partial charge in [-0.3, -0.25) is 0 Å². The van der Waals surface area contributed by atoms with Crippen molar-refractivity contribution < 1.29 is 18.7 Å². The lowest BCUT2D eigenvalue weighted by molar-refractivity contribution is 0.0600. The molecule has 146 valence electrons. The average molecular weight is 389 g/mol. The van der Waals surface area contributed by atoms with Gasteiger partial charge in [0, 0.05) is 23.4 Å². The van der Waals surface area contributed by atoms with Gasteiger partial charge in [0.2, 0.25) is 0 Å². The predicted octanol–water partition coefficient (Wildman–Crippen LogP) is 5.36. The lowest BCUT2D eigenvalue weighted by atomic mass is 9.97. The summed E-state index contributed by atoms with van der Waals surface area (Å²) in [6.07, 6.45) is 0.457. The van der Waals surface area contributed by atoms with Crippen LogP contribution >= 0.6 is 0 Å². The fourth-order valence-electron chi connectivity index (χ4n) is 3.59. The van der Waals surface area contributed by atoms with Crippen LogP contribution in [0.5, 0.6) is 5.75 Å². The van der Waals surface area contributed by atoms with E-state index in [4.69, 9.17) is 9.47 Å². The SMILES string of the molecule is COC(=O)c1cc(F)cc(Cc2c(-c3ccccc3)[nH]c3cc(OC)ccc23)c1. The second kappa shape index (κ2) is 7.80. The zero-order valence-corrected chi connectivity index (χ0v) is 16.2. The van der Waals surface area contributed by atoms with Gasteiger partial charge < -0.3 is 14.5 Å². The minimum atomic E-state index is -0.558. The summed E-state index contributed by atoms with van der Waals surface area (Å²) in [5, 5.41) is 1.02. The third-order valence-electron chi connectivity index (χ3n) is 4.94. The van der Waals surface area contributed by atoms with Gasteiger partial charge in [-0.1, -0.05) is 30.3 Å². The lowest BCUT2D eigenvalue weighted by Gasteiger charge is -2.08. The Morgan fingerprint density at radius 3 is 2.52 bits per heavy atom. The second-order valence-electron chi connectivity index (χ2n) is 6.77. The molecule has 1 N–H and O–H groups in total. The van der Waals surface area contributed by atoms with Crippen LogP contribution in [-0.2, 0) is 11.2 Å². The molecule has 5 heteroatoms. The molecule has 0 bridgehead atoms. The molecule has 0 radical (unpaired) electrons. The predicted molar refractivity (Wildman–Crippen MR) is 111 cm³/mol. The molecule has 0 aliphatic carbocycles. The first kappa shape index (κ1) is 18.7. The minimum absolute atomic E-state index is 0.199. The molecule has 1 heterocycles. The number of aromatic amines is 1. The van der Waals surface area contributed by atoms with E-state index in [9.17, 15) is 9.18 Å². The fourth-order valence-corrected chi connectivity index (χ4v) is 3.59. The molecule has 0 saturated heterocycles. The van der Waals surface area contributed by atoms with Crippen LogP contribution in [-0.4, -0.2) is 25.2 Å². The normalized spacial score (nSPS) is 10.9. The highest BCUT2D eigenvalue weighted by molar-refractivity contribution is 5.92. The number of methoxy groups -OCH3 is 2. The maximum Gasteiger partial charge on any atom is 0.337 e. The number of rotatable bonds is 5. The Morgan fingerprint density at radius 2 is 1.79 bits per heavy atom. The first-order valence-electron chi connectivity index (χ1n) is 9.21. The van der Waals surface area contributed by atoms with Crippen molar-refractivity contribution in [2.45, 2.75) is 6.42 Å². The van der Waals surface area contributed by atoms with Gasteiger partial charge in [-0.2, -0.15) is 0 Å². The molecule has 0 aliphatic heterocycles. The summed E-state index contributed by atoms with van der Waals surface area (Å²) in [7, 11) is 2.91. The van der Waals surface area contributed by atoms with Gasteiger partial charge in [-0.05, 0) is 47.0 Å².